The summed E-state index contributed by atoms with van der Waals surface area (Å²) in [5.41, 5.74) is 3.41. The van der Waals surface area contributed by atoms with E-state index in [1.807, 2.05) is 42.5 Å². The van der Waals surface area contributed by atoms with Gasteiger partial charge in [0.05, 0.1) is 0 Å². The van der Waals surface area contributed by atoms with Crippen molar-refractivity contribution in [3.8, 4) is 11.1 Å². The first kappa shape index (κ1) is 14.3. The fraction of sp³-hybridized carbons (Fsp3) is 0.158. The average molecular weight is 292 g/mol. The summed E-state index contributed by atoms with van der Waals surface area (Å²) in [5.74, 6) is -1.13. The Morgan fingerprint density at radius 3 is 2.00 bits per heavy atom. The number of carboxylic acids is 1. The predicted molar refractivity (Wildman–Crippen MR) is 84.7 cm³/mol. The highest BCUT2D eigenvalue weighted by atomic mass is 16.4. The number of hydrogen-bond acceptors (Lipinski definition) is 2. The van der Waals surface area contributed by atoms with E-state index in [1.165, 1.54) is 0 Å². The van der Waals surface area contributed by atoms with Gasteiger partial charge in [0, 0.05) is 16.7 Å². The molecule has 0 fully saturated rings. The van der Waals surface area contributed by atoms with Crippen LogP contribution in [0.2, 0.25) is 0 Å². The van der Waals surface area contributed by atoms with Crippen LogP contribution in [0.25, 0.3) is 11.1 Å². The first-order valence-corrected chi connectivity index (χ1v) is 7.32. The molecule has 0 saturated heterocycles. The molecule has 0 atom stereocenters. The van der Waals surface area contributed by atoms with E-state index in [-0.39, 0.29) is 11.4 Å². The number of hydrogen-bond donors (Lipinski definition) is 1. The Morgan fingerprint density at radius 1 is 0.773 bits per heavy atom. The molecule has 1 N–H and O–H groups in total. The molecule has 1 aliphatic rings. The van der Waals surface area contributed by atoms with E-state index in [0.717, 1.165) is 17.5 Å². The van der Waals surface area contributed by atoms with Crippen molar-refractivity contribution in [3.05, 3.63) is 71.3 Å². The van der Waals surface area contributed by atoms with Crippen LogP contribution in [0.1, 0.15) is 29.6 Å². The molecule has 2 aromatic rings. The van der Waals surface area contributed by atoms with Gasteiger partial charge in [-0.25, -0.2) is 4.79 Å². The van der Waals surface area contributed by atoms with E-state index >= 15 is 0 Å². The molecule has 0 aliphatic heterocycles. The summed E-state index contributed by atoms with van der Waals surface area (Å²) in [6.07, 6.45) is 1.78. The second-order valence-electron chi connectivity index (χ2n) is 5.39. The molecule has 2 aromatic carbocycles. The van der Waals surface area contributed by atoms with Crippen molar-refractivity contribution < 1.29 is 14.7 Å². The van der Waals surface area contributed by atoms with E-state index in [4.69, 9.17) is 5.11 Å². The quantitative estimate of drug-likeness (QED) is 0.863. The topological polar surface area (TPSA) is 54.4 Å². The highest BCUT2D eigenvalue weighted by Gasteiger charge is 2.25. The molecule has 0 aromatic heterocycles. The van der Waals surface area contributed by atoms with Gasteiger partial charge in [0.15, 0.2) is 5.78 Å². The normalized spacial score (nSPS) is 14.2. The van der Waals surface area contributed by atoms with Crippen molar-refractivity contribution in [1.82, 2.24) is 0 Å². The van der Waals surface area contributed by atoms with Gasteiger partial charge in [0.25, 0.3) is 0 Å². The van der Waals surface area contributed by atoms with Gasteiger partial charge < -0.3 is 5.11 Å². The van der Waals surface area contributed by atoms with Gasteiger partial charge in [-0.3, -0.25) is 4.79 Å². The molecule has 0 spiro atoms. The number of allylic oxidation sites excluding steroid dienone is 1. The van der Waals surface area contributed by atoms with Crippen molar-refractivity contribution in [1.29, 1.82) is 0 Å². The third-order valence-electron chi connectivity index (χ3n) is 4.00. The van der Waals surface area contributed by atoms with Crippen molar-refractivity contribution in [3.63, 3.8) is 0 Å². The standard InChI is InChI=1S/C19H16O3/c20-18(16-7-4-8-17(16)19(21)22)15-11-9-14(10-12-15)13-5-2-1-3-6-13/h1-3,5-6,9-12H,4,7-8H2,(H,21,22). The number of carboxylic acid groups (broad SMARTS) is 1. The van der Waals surface area contributed by atoms with Crippen molar-refractivity contribution in [2.45, 2.75) is 19.3 Å². The van der Waals surface area contributed by atoms with E-state index in [2.05, 4.69) is 0 Å². The van der Waals surface area contributed by atoms with E-state index in [1.54, 1.807) is 12.1 Å². The van der Waals surface area contributed by atoms with Crippen LogP contribution >= 0.6 is 0 Å². The molecular formula is C19H16O3. The van der Waals surface area contributed by atoms with Crippen LogP contribution in [-0.4, -0.2) is 16.9 Å². The third kappa shape index (κ3) is 2.70. The van der Waals surface area contributed by atoms with Crippen molar-refractivity contribution >= 4 is 11.8 Å². The molecule has 0 amide bonds. The minimum absolute atomic E-state index is 0.158. The van der Waals surface area contributed by atoms with Crippen LogP contribution in [0.15, 0.2) is 65.7 Å². The smallest absolute Gasteiger partial charge is 0.331 e. The zero-order valence-corrected chi connectivity index (χ0v) is 12.1. The number of carbonyl (C=O) groups excluding carboxylic acids is 1. The maximum atomic E-state index is 12.5. The first-order valence-electron chi connectivity index (χ1n) is 7.32. The van der Waals surface area contributed by atoms with Gasteiger partial charge in [-0.05, 0) is 30.4 Å². The van der Waals surface area contributed by atoms with Crippen LogP contribution < -0.4 is 0 Å². The van der Waals surface area contributed by atoms with Gasteiger partial charge in [-0.15, -0.1) is 0 Å². The summed E-state index contributed by atoms with van der Waals surface area (Å²) in [6.45, 7) is 0. The molecular weight excluding hydrogens is 276 g/mol. The number of rotatable bonds is 4. The zero-order chi connectivity index (χ0) is 15.5. The SMILES string of the molecule is O=C(O)C1=C(C(=O)c2ccc(-c3ccccc3)cc2)CCC1. The molecule has 0 bridgehead atoms. The average Bonchev–Trinajstić information content (AvgIpc) is 3.05. The zero-order valence-electron chi connectivity index (χ0n) is 12.1. The lowest BCUT2D eigenvalue weighted by Gasteiger charge is -2.06. The maximum Gasteiger partial charge on any atom is 0.331 e. The molecule has 3 rings (SSSR count). The highest BCUT2D eigenvalue weighted by Crippen LogP contribution is 2.29. The molecule has 0 unspecified atom stereocenters. The first-order chi connectivity index (χ1) is 10.7. The molecule has 22 heavy (non-hydrogen) atoms. The van der Waals surface area contributed by atoms with Crippen LogP contribution in [0.4, 0.5) is 0 Å². The molecule has 1 aliphatic carbocycles. The summed E-state index contributed by atoms with van der Waals surface area (Å²) in [4.78, 5) is 23.7. The van der Waals surface area contributed by atoms with Gasteiger partial charge >= 0.3 is 5.97 Å². The number of benzene rings is 2. The van der Waals surface area contributed by atoms with Crippen LogP contribution in [-0.2, 0) is 4.79 Å². The Balaban J connectivity index is 1.89. The lowest BCUT2D eigenvalue weighted by Crippen LogP contribution is -2.08. The maximum absolute atomic E-state index is 12.5. The summed E-state index contributed by atoms with van der Waals surface area (Å²) in [7, 11) is 0. The summed E-state index contributed by atoms with van der Waals surface area (Å²) in [5, 5.41) is 9.16. The van der Waals surface area contributed by atoms with E-state index in [0.29, 0.717) is 24.0 Å². The second-order valence-corrected chi connectivity index (χ2v) is 5.39. The van der Waals surface area contributed by atoms with Gasteiger partial charge in [0.2, 0.25) is 0 Å². The Labute approximate surface area is 128 Å². The van der Waals surface area contributed by atoms with Gasteiger partial charge in [-0.2, -0.15) is 0 Å². The summed E-state index contributed by atoms with van der Waals surface area (Å²) >= 11 is 0. The lowest BCUT2D eigenvalue weighted by atomic mass is 9.97. The molecule has 0 saturated carbocycles. The third-order valence-corrected chi connectivity index (χ3v) is 4.00. The minimum Gasteiger partial charge on any atom is -0.478 e. The Hall–Kier alpha value is -2.68. The number of Topliss-reactive ketones (excluding diaryl/α,β-unsaturated/α-hetero) is 1. The number of ketones is 1. The fourth-order valence-electron chi connectivity index (χ4n) is 2.85. The van der Waals surface area contributed by atoms with Crippen molar-refractivity contribution in [2.75, 3.05) is 0 Å². The Morgan fingerprint density at radius 2 is 1.36 bits per heavy atom. The minimum atomic E-state index is -0.971. The predicted octanol–water partition coefficient (Wildman–Crippen LogP) is 4.10. The monoisotopic (exact) mass is 292 g/mol. The van der Waals surface area contributed by atoms with Gasteiger partial charge in [-0.1, -0.05) is 54.6 Å². The van der Waals surface area contributed by atoms with Crippen LogP contribution in [0.3, 0.4) is 0 Å². The molecule has 0 heterocycles. The Kier molecular flexibility index (Phi) is 3.88. The molecule has 0 radical (unpaired) electrons. The molecule has 3 heteroatoms. The summed E-state index contributed by atoms with van der Waals surface area (Å²) in [6, 6.07) is 17.3. The van der Waals surface area contributed by atoms with Crippen LogP contribution in [0, 0.1) is 0 Å². The summed E-state index contributed by atoms with van der Waals surface area (Å²) < 4.78 is 0. The van der Waals surface area contributed by atoms with E-state index in [9.17, 15) is 9.59 Å². The highest BCUT2D eigenvalue weighted by molar-refractivity contribution is 6.13. The lowest BCUT2D eigenvalue weighted by molar-refractivity contribution is -0.132. The second kappa shape index (κ2) is 5.98. The fourth-order valence-corrected chi connectivity index (χ4v) is 2.85. The molecule has 110 valence electrons. The number of carbonyl (C=O) groups is 2. The Bertz CT molecular complexity index is 740. The number of aliphatic carboxylic acids is 1. The van der Waals surface area contributed by atoms with E-state index < -0.39 is 5.97 Å². The largest absolute Gasteiger partial charge is 0.478 e. The van der Waals surface area contributed by atoms with Crippen LogP contribution in [0.5, 0.6) is 0 Å². The van der Waals surface area contributed by atoms with Crippen molar-refractivity contribution in [2.24, 2.45) is 0 Å². The van der Waals surface area contributed by atoms with Gasteiger partial charge in [0.1, 0.15) is 0 Å². The molecule has 3 nitrogen and oxygen atoms in total.